The summed E-state index contributed by atoms with van der Waals surface area (Å²) in [5, 5.41) is 11.2. The van der Waals surface area contributed by atoms with Crippen LogP contribution in [0.3, 0.4) is 0 Å². The molecule has 1 unspecified atom stereocenters. The van der Waals surface area contributed by atoms with E-state index in [9.17, 15) is 14.2 Å². The molecule has 0 aliphatic carbocycles. The molecule has 124 valence electrons. The minimum absolute atomic E-state index is 0.152. The molecule has 4 N–H and O–H groups in total. The smallest absolute Gasteiger partial charge is 0.469 e. The van der Waals surface area contributed by atoms with Gasteiger partial charge in [-0.1, -0.05) is 12.8 Å². The fourth-order valence-electron chi connectivity index (χ4n) is 1.65. The lowest BCUT2D eigenvalue weighted by atomic mass is 10.1. The van der Waals surface area contributed by atoms with Crippen LogP contribution in [0.4, 0.5) is 0 Å². The van der Waals surface area contributed by atoms with Crippen LogP contribution in [0.15, 0.2) is 0 Å². The van der Waals surface area contributed by atoms with Gasteiger partial charge in [-0.25, -0.2) is 9.36 Å². The first-order valence-corrected chi connectivity index (χ1v) is 8.70. The van der Waals surface area contributed by atoms with E-state index in [1.54, 1.807) is 0 Å². The van der Waals surface area contributed by atoms with E-state index in [2.05, 4.69) is 22.5 Å². The maximum atomic E-state index is 11.6. The summed E-state index contributed by atoms with van der Waals surface area (Å²) in [6, 6.07) is -1.51. The molecule has 2 atom stereocenters. The van der Waals surface area contributed by atoms with E-state index < -0.39 is 31.8 Å². The summed E-state index contributed by atoms with van der Waals surface area (Å²) in [7, 11) is -4.81. The fourth-order valence-corrected chi connectivity index (χ4v) is 2.43. The summed E-state index contributed by atoms with van der Waals surface area (Å²) in [5.41, 5.74) is 0. The van der Waals surface area contributed by atoms with Crippen molar-refractivity contribution >= 4 is 32.3 Å². The minimum atomic E-state index is -4.81. The van der Waals surface area contributed by atoms with Gasteiger partial charge >= 0.3 is 13.8 Å². The Morgan fingerprint density at radius 1 is 1.24 bits per heavy atom. The number of carboxylic acids is 1. The molecular formula is C11H22NO7PS. The predicted octanol–water partition coefficient (Wildman–Crippen LogP) is 0.934. The van der Waals surface area contributed by atoms with E-state index in [4.69, 9.17) is 14.9 Å². The molecule has 0 aromatic carbocycles. The average molecular weight is 343 g/mol. The molecule has 0 fully saturated rings. The van der Waals surface area contributed by atoms with Gasteiger partial charge in [-0.05, 0) is 25.5 Å². The number of unbranched alkanes of at least 4 members (excludes halogenated alkanes) is 3. The Balaban J connectivity index is 4.28. The molecule has 8 nitrogen and oxygen atoms in total. The standard InChI is InChI=1S/C11H22NO7PS/c1-8(19-20(16,17)18)10(11(14)15)12-9(13)6-4-2-3-5-7-21/h8,10,21H,2-7H2,1H3,(H,12,13)(H,14,15)(H2,16,17,18)/t8?,10-/m0/s1. The molecule has 0 heterocycles. The molecule has 21 heavy (non-hydrogen) atoms. The van der Waals surface area contributed by atoms with E-state index in [1.165, 1.54) is 6.92 Å². The average Bonchev–Trinajstić information content (AvgIpc) is 2.33. The van der Waals surface area contributed by atoms with Gasteiger partial charge in [-0.2, -0.15) is 12.6 Å². The van der Waals surface area contributed by atoms with E-state index in [0.717, 1.165) is 25.0 Å². The van der Waals surface area contributed by atoms with E-state index in [1.807, 2.05) is 0 Å². The summed E-state index contributed by atoms with van der Waals surface area (Å²) in [4.78, 5) is 40.0. The molecule has 0 saturated carbocycles. The Hall–Kier alpha value is -0.600. The largest absolute Gasteiger partial charge is 0.480 e. The number of rotatable bonds is 11. The quantitative estimate of drug-likeness (QED) is 0.214. The zero-order valence-corrected chi connectivity index (χ0v) is 13.6. The second kappa shape index (κ2) is 10.2. The van der Waals surface area contributed by atoms with Crippen molar-refractivity contribution in [3.8, 4) is 0 Å². The maximum absolute atomic E-state index is 11.6. The normalized spacial score (nSPS) is 14.5. The van der Waals surface area contributed by atoms with Crippen molar-refractivity contribution in [2.45, 2.75) is 51.2 Å². The van der Waals surface area contributed by atoms with Crippen LogP contribution in [0.2, 0.25) is 0 Å². The van der Waals surface area contributed by atoms with E-state index in [0.29, 0.717) is 6.42 Å². The molecule has 1 amide bonds. The highest BCUT2D eigenvalue weighted by Crippen LogP contribution is 2.38. The number of nitrogens with one attached hydrogen (secondary N) is 1. The number of thiol groups is 1. The monoisotopic (exact) mass is 343 g/mol. The van der Waals surface area contributed by atoms with Crippen molar-refractivity contribution in [2.75, 3.05) is 5.75 Å². The summed E-state index contributed by atoms with van der Waals surface area (Å²) in [6.45, 7) is 1.17. The molecular weight excluding hydrogens is 321 g/mol. The SMILES string of the molecule is CC(OP(=O)(O)O)[C@H](NC(=O)CCCCCCS)C(=O)O. The highest BCUT2D eigenvalue weighted by Gasteiger charge is 2.31. The van der Waals surface area contributed by atoms with Crippen molar-refractivity contribution < 1.29 is 33.6 Å². The van der Waals surface area contributed by atoms with Gasteiger partial charge in [0.05, 0.1) is 6.10 Å². The van der Waals surface area contributed by atoms with Gasteiger partial charge in [0.25, 0.3) is 0 Å². The molecule has 0 rings (SSSR count). The van der Waals surface area contributed by atoms with E-state index >= 15 is 0 Å². The maximum Gasteiger partial charge on any atom is 0.469 e. The number of carbonyl (C=O) groups is 2. The Morgan fingerprint density at radius 2 is 1.81 bits per heavy atom. The van der Waals surface area contributed by atoms with Crippen LogP contribution < -0.4 is 5.32 Å². The van der Waals surface area contributed by atoms with Gasteiger partial charge < -0.3 is 20.2 Å². The first-order valence-electron chi connectivity index (χ1n) is 6.54. The number of hydrogen-bond donors (Lipinski definition) is 5. The van der Waals surface area contributed by atoms with Crippen LogP contribution in [0.5, 0.6) is 0 Å². The Morgan fingerprint density at radius 3 is 2.29 bits per heavy atom. The van der Waals surface area contributed by atoms with Gasteiger partial charge in [0.15, 0.2) is 6.04 Å². The number of amides is 1. The lowest BCUT2D eigenvalue weighted by Gasteiger charge is -2.21. The van der Waals surface area contributed by atoms with Gasteiger partial charge in [0, 0.05) is 6.42 Å². The lowest BCUT2D eigenvalue weighted by Crippen LogP contribution is -2.48. The summed E-state index contributed by atoms with van der Waals surface area (Å²) < 4.78 is 15.0. The molecule has 0 aliphatic heterocycles. The fraction of sp³-hybridized carbons (Fsp3) is 0.818. The van der Waals surface area contributed by atoms with E-state index in [-0.39, 0.29) is 6.42 Å². The molecule has 0 aliphatic rings. The second-order valence-electron chi connectivity index (χ2n) is 4.57. The van der Waals surface area contributed by atoms with Crippen molar-refractivity contribution in [2.24, 2.45) is 0 Å². The number of carbonyl (C=O) groups excluding carboxylic acids is 1. The third-order valence-corrected chi connectivity index (χ3v) is 3.59. The van der Waals surface area contributed by atoms with Crippen LogP contribution in [0, 0.1) is 0 Å². The summed E-state index contributed by atoms with van der Waals surface area (Å²) in [5.74, 6) is -1.13. The van der Waals surface area contributed by atoms with Gasteiger partial charge in [-0.3, -0.25) is 9.32 Å². The van der Waals surface area contributed by atoms with Gasteiger partial charge in [0.1, 0.15) is 0 Å². The van der Waals surface area contributed by atoms with Gasteiger partial charge in [0.2, 0.25) is 5.91 Å². The molecule has 0 radical (unpaired) electrons. The zero-order valence-electron chi connectivity index (χ0n) is 11.8. The lowest BCUT2D eigenvalue weighted by molar-refractivity contribution is -0.144. The first kappa shape index (κ1) is 20.4. The Kier molecular flexibility index (Phi) is 9.89. The van der Waals surface area contributed by atoms with Crippen LogP contribution in [0.25, 0.3) is 0 Å². The molecule has 0 aromatic heterocycles. The number of phosphoric acid groups is 1. The third kappa shape index (κ3) is 10.7. The van der Waals surface area contributed by atoms with Crippen LogP contribution in [-0.4, -0.2) is 44.7 Å². The zero-order chi connectivity index (χ0) is 16.5. The van der Waals surface area contributed by atoms with Crippen molar-refractivity contribution in [3.63, 3.8) is 0 Å². The predicted molar refractivity (Wildman–Crippen MR) is 79.1 cm³/mol. The number of carboxylic acid groups (broad SMARTS) is 1. The highest BCUT2D eigenvalue weighted by atomic mass is 32.1. The van der Waals surface area contributed by atoms with Crippen molar-refractivity contribution in [1.82, 2.24) is 5.32 Å². The molecule has 0 spiro atoms. The third-order valence-electron chi connectivity index (χ3n) is 2.67. The Labute approximate surface area is 128 Å². The van der Waals surface area contributed by atoms with Crippen LogP contribution in [0.1, 0.15) is 39.0 Å². The van der Waals surface area contributed by atoms with Crippen molar-refractivity contribution in [3.05, 3.63) is 0 Å². The van der Waals surface area contributed by atoms with Crippen LogP contribution >= 0.6 is 20.5 Å². The molecule has 0 aromatic rings. The number of aliphatic carboxylic acids is 1. The number of phosphoric ester groups is 1. The molecule has 0 bridgehead atoms. The molecule has 0 saturated heterocycles. The first-order chi connectivity index (χ1) is 9.67. The van der Waals surface area contributed by atoms with Gasteiger partial charge in [-0.15, -0.1) is 0 Å². The topological polar surface area (TPSA) is 133 Å². The highest BCUT2D eigenvalue weighted by molar-refractivity contribution is 7.80. The van der Waals surface area contributed by atoms with Crippen LogP contribution in [-0.2, 0) is 18.7 Å². The van der Waals surface area contributed by atoms with Crippen molar-refractivity contribution in [1.29, 1.82) is 0 Å². The second-order valence-corrected chi connectivity index (χ2v) is 6.21. The Bertz CT molecular complexity index is 387. The summed E-state index contributed by atoms with van der Waals surface area (Å²) >= 11 is 4.07. The minimum Gasteiger partial charge on any atom is -0.480 e. The molecule has 10 heteroatoms. The number of hydrogen-bond acceptors (Lipinski definition) is 5. The summed E-state index contributed by atoms with van der Waals surface area (Å²) in [6.07, 6.45) is 2.14.